The van der Waals surface area contributed by atoms with Gasteiger partial charge in [0.2, 0.25) is 5.91 Å². The first-order valence-electron chi connectivity index (χ1n) is 9.74. The Bertz CT molecular complexity index is 959. The molecule has 0 radical (unpaired) electrons. The number of ether oxygens (including phenoxy) is 1. The topological polar surface area (TPSA) is 100 Å². The molecule has 1 aromatic carbocycles. The van der Waals surface area contributed by atoms with Crippen molar-refractivity contribution in [2.24, 2.45) is 0 Å². The number of nitrogens with one attached hydrogen (secondary N) is 2. The summed E-state index contributed by atoms with van der Waals surface area (Å²) in [5, 5.41) is 10.2. The minimum Gasteiger partial charge on any atom is -0.465 e. The zero-order chi connectivity index (χ0) is 21.3. The smallest absolute Gasteiger partial charge is 0.319 e. The molecule has 30 heavy (non-hydrogen) atoms. The van der Waals surface area contributed by atoms with Crippen LogP contribution in [0.25, 0.3) is 11.3 Å². The highest BCUT2D eigenvalue weighted by Crippen LogP contribution is 2.21. The highest BCUT2D eigenvalue weighted by Gasteiger charge is 2.25. The van der Waals surface area contributed by atoms with Crippen molar-refractivity contribution in [3.8, 4) is 11.3 Å². The maximum absolute atomic E-state index is 13.2. The van der Waals surface area contributed by atoms with Crippen molar-refractivity contribution in [1.82, 2.24) is 20.5 Å². The number of nitrogens with zero attached hydrogens (tertiary/aromatic N) is 3. The van der Waals surface area contributed by atoms with Gasteiger partial charge in [-0.25, -0.2) is 0 Å². The Kier molecular flexibility index (Phi) is 7.29. The average Bonchev–Trinajstić information content (AvgIpc) is 3.27. The molecule has 0 aliphatic rings. The van der Waals surface area contributed by atoms with E-state index in [9.17, 15) is 9.59 Å². The Hall–Kier alpha value is -3.52. The Balaban J connectivity index is 1.75. The van der Waals surface area contributed by atoms with Crippen molar-refractivity contribution in [2.45, 2.75) is 19.4 Å². The molecular weight excluding hydrogens is 382 g/mol. The van der Waals surface area contributed by atoms with E-state index in [1.54, 1.807) is 32.4 Å². The Morgan fingerprint density at radius 3 is 2.60 bits per heavy atom. The second-order valence-electron chi connectivity index (χ2n) is 6.70. The summed E-state index contributed by atoms with van der Waals surface area (Å²) in [5.74, 6) is -0.107. The lowest BCUT2D eigenvalue weighted by atomic mass is 10.0. The van der Waals surface area contributed by atoms with Gasteiger partial charge in [0.05, 0.1) is 24.9 Å². The van der Waals surface area contributed by atoms with E-state index in [0.717, 1.165) is 16.8 Å². The van der Waals surface area contributed by atoms with Gasteiger partial charge in [-0.15, -0.1) is 0 Å². The van der Waals surface area contributed by atoms with E-state index in [0.29, 0.717) is 18.8 Å². The predicted molar refractivity (Wildman–Crippen MR) is 114 cm³/mol. The fourth-order valence-electron chi connectivity index (χ4n) is 3.02. The number of aromatic nitrogens is 3. The van der Waals surface area contributed by atoms with Gasteiger partial charge in [-0.05, 0) is 31.0 Å². The standard InChI is InChI=1S/C22H25N5O3/c1-3-30-21(28)15-24-19(13-16-7-5-4-6-8-16)22(29)27(2)20-14-18(25-26-20)17-9-11-23-12-10-17/h4-12,14,19,24H,3,13,15H2,1-2H3,(H,25,26). The number of carbonyl (C=O) groups excluding carboxylic acids is 2. The highest BCUT2D eigenvalue weighted by atomic mass is 16.5. The molecule has 8 nitrogen and oxygen atoms in total. The molecule has 0 spiro atoms. The molecule has 2 heterocycles. The van der Waals surface area contributed by atoms with E-state index in [2.05, 4.69) is 20.5 Å². The van der Waals surface area contributed by atoms with Crippen molar-refractivity contribution in [3.05, 3.63) is 66.5 Å². The van der Waals surface area contributed by atoms with Crippen LogP contribution in [0.5, 0.6) is 0 Å². The molecule has 3 aromatic rings. The number of carbonyl (C=O) groups is 2. The van der Waals surface area contributed by atoms with Gasteiger partial charge in [0, 0.05) is 31.1 Å². The molecule has 2 aromatic heterocycles. The summed E-state index contributed by atoms with van der Waals surface area (Å²) in [6.07, 6.45) is 3.82. The Morgan fingerprint density at radius 1 is 1.17 bits per heavy atom. The molecule has 0 fully saturated rings. The van der Waals surface area contributed by atoms with Crippen LogP contribution in [0, 0.1) is 0 Å². The number of aromatic amines is 1. The summed E-state index contributed by atoms with van der Waals surface area (Å²) in [5.41, 5.74) is 2.69. The molecule has 8 heteroatoms. The van der Waals surface area contributed by atoms with Crippen LogP contribution in [-0.2, 0) is 20.7 Å². The van der Waals surface area contributed by atoms with Crippen LogP contribution < -0.4 is 10.2 Å². The van der Waals surface area contributed by atoms with Gasteiger partial charge in [0.15, 0.2) is 5.82 Å². The van der Waals surface area contributed by atoms with Crippen LogP contribution in [0.1, 0.15) is 12.5 Å². The van der Waals surface area contributed by atoms with Crippen molar-refractivity contribution >= 4 is 17.7 Å². The molecule has 0 aliphatic heterocycles. The first kappa shape index (κ1) is 21.2. The first-order chi connectivity index (χ1) is 14.6. The van der Waals surface area contributed by atoms with E-state index in [1.165, 1.54) is 4.90 Å². The summed E-state index contributed by atoms with van der Waals surface area (Å²) in [6.45, 7) is 1.99. The zero-order valence-corrected chi connectivity index (χ0v) is 17.0. The fraction of sp³-hybridized carbons (Fsp3) is 0.273. The lowest BCUT2D eigenvalue weighted by Gasteiger charge is -2.23. The molecule has 3 rings (SSSR count). The molecule has 156 valence electrons. The van der Waals surface area contributed by atoms with Gasteiger partial charge in [-0.2, -0.15) is 5.10 Å². The number of rotatable bonds is 9. The van der Waals surface area contributed by atoms with Gasteiger partial charge in [0.1, 0.15) is 0 Å². The number of hydrogen-bond acceptors (Lipinski definition) is 6. The number of anilines is 1. The third-order valence-corrected chi connectivity index (χ3v) is 4.61. The molecule has 0 saturated heterocycles. The number of hydrogen-bond donors (Lipinski definition) is 2. The number of esters is 1. The third-order valence-electron chi connectivity index (χ3n) is 4.61. The second-order valence-corrected chi connectivity index (χ2v) is 6.70. The molecular formula is C22H25N5O3. The Labute approximate surface area is 175 Å². The maximum atomic E-state index is 13.2. The lowest BCUT2D eigenvalue weighted by Crippen LogP contribution is -2.48. The van der Waals surface area contributed by atoms with E-state index < -0.39 is 12.0 Å². The van der Waals surface area contributed by atoms with Crippen LogP contribution >= 0.6 is 0 Å². The molecule has 1 unspecified atom stereocenters. The molecule has 1 amide bonds. The van der Waals surface area contributed by atoms with E-state index >= 15 is 0 Å². The average molecular weight is 407 g/mol. The van der Waals surface area contributed by atoms with E-state index in [-0.39, 0.29) is 12.5 Å². The summed E-state index contributed by atoms with van der Waals surface area (Å²) in [7, 11) is 1.67. The van der Waals surface area contributed by atoms with E-state index in [1.807, 2.05) is 42.5 Å². The first-order valence-corrected chi connectivity index (χ1v) is 9.74. The summed E-state index contributed by atoms with van der Waals surface area (Å²) in [6, 6.07) is 14.6. The van der Waals surface area contributed by atoms with E-state index in [4.69, 9.17) is 4.74 Å². The normalized spacial score (nSPS) is 11.7. The minimum absolute atomic E-state index is 0.0479. The lowest BCUT2D eigenvalue weighted by molar-refractivity contribution is -0.142. The fourth-order valence-corrected chi connectivity index (χ4v) is 3.02. The van der Waals surface area contributed by atoms with Crippen molar-refractivity contribution in [2.75, 3.05) is 25.1 Å². The Morgan fingerprint density at radius 2 is 1.90 bits per heavy atom. The van der Waals surface area contributed by atoms with Crippen molar-refractivity contribution in [3.63, 3.8) is 0 Å². The molecule has 2 N–H and O–H groups in total. The number of pyridine rings is 1. The van der Waals surface area contributed by atoms with Gasteiger partial charge in [-0.3, -0.25) is 29.9 Å². The van der Waals surface area contributed by atoms with Gasteiger partial charge in [0.25, 0.3) is 0 Å². The molecule has 0 saturated carbocycles. The zero-order valence-electron chi connectivity index (χ0n) is 17.0. The summed E-state index contributed by atoms with van der Waals surface area (Å²) in [4.78, 5) is 30.5. The summed E-state index contributed by atoms with van der Waals surface area (Å²) < 4.78 is 4.97. The highest BCUT2D eigenvalue weighted by molar-refractivity contribution is 5.96. The third kappa shape index (κ3) is 5.51. The molecule has 0 aliphatic carbocycles. The van der Waals surface area contributed by atoms with Crippen LogP contribution in [0.15, 0.2) is 60.9 Å². The number of H-pyrrole nitrogens is 1. The van der Waals surface area contributed by atoms with Crippen molar-refractivity contribution in [1.29, 1.82) is 0 Å². The van der Waals surface area contributed by atoms with Crippen LogP contribution in [0.4, 0.5) is 5.82 Å². The second kappa shape index (κ2) is 10.3. The quantitative estimate of drug-likeness (QED) is 0.528. The monoisotopic (exact) mass is 407 g/mol. The largest absolute Gasteiger partial charge is 0.465 e. The van der Waals surface area contributed by atoms with Gasteiger partial charge in [-0.1, -0.05) is 30.3 Å². The summed E-state index contributed by atoms with van der Waals surface area (Å²) >= 11 is 0. The number of amides is 1. The van der Waals surface area contributed by atoms with Crippen LogP contribution in [0.3, 0.4) is 0 Å². The van der Waals surface area contributed by atoms with Gasteiger partial charge >= 0.3 is 5.97 Å². The molecule has 1 atom stereocenters. The maximum Gasteiger partial charge on any atom is 0.319 e. The van der Waals surface area contributed by atoms with Crippen LogP contribution in [0.2, 0.25) is 0 Å². The minimum atomic E-state index is -0.608. The van der Waals surface area contributed by atoms with Crippen molar-refractivity contribution < 1.29 is 14.3 Å². The number of likely N-dealkylation sites (N-methyl/N-ethyl adjacent to an activating group) is 1. The van der Waals surface area contributed by atoms with Crippen LogP contribution in [-0.4, -0.2) is 53.3 Å². The molecule has 0 bridgehead atoms. The number of benzene rings is 1. The van der Waals surface area contributed by atoms with Gasteiger partial charge < -0.3 is 4.74 Å². The predicted octanol–water partition coefficient (Wildman–Crippen LogP) is 2.20. The SMILES string of the molecule is CCOC(=O)CNC(Cc1ccccc1)C(=O)N(C)c1cc(-c2ccncc2)[nH]n1.